The molecule has 0 aliphatic rings. The smallest absolute Gasteiger partial charge is 0.298 e. The SMILES string of the molecule is CCc1cccc(CC)c1-n1c(C)nc(NNc2ccncc2)nc1=O. The number of hydrogen-bond donors (Lipinski definition) is 2. The first-order valence-electron chi connectivity index (χ1n) is 8.65. The van der Waals surface area contributed by atoms with E-state index in [1.165, 1.54) is 0 Å². The molecule has 0 saturated heterocycles. The Hall–Kier alpha value is -3.22. The van der Waals surface area contributed by atoms with Gasteiger partial charge in [-0.1, -0.05) is 32.0 Å². The molecule has 0 fully saturated rings. The highest BCUT2D eigenvalue weighted by Gasteiger charge is 2.15. The molecule has 0 radical (unpaired) electrons. The lowest BCUT2D eigenvalue weighted by Crippen LogP contribution is -2.29. The molecular weight excluding hydrogens is 328 g/mol. The zero-order valence-electron chi connectivity index (χ0n) is 15.2. The maximum Gasteiger partial charge on any atom is 0.356 e. The normalized spacial score (nSPS) is 10.6. The maximum atomic E-state index is 12.7. The molecule has 0 atom stereocenters. The first-order chi connectivity index (χ1) is 12.6. The number of aryl methyl sites for hydroxylation is 3. The van der Waals surface area contributed by atoms with Crippen LogP contribution in [0.4, 0.5) is 11.6 Å². The fourth-order valence-corrected chi connectivity index (χ4v) is 2.89. The van der Waals surface area contributed by atoms with E-state index in [0.717, 1.165) is 35.3 Å². The Balaban J connectivity index is 1.98. The second-order valence-corrected chi connectivity index (χ2v) is 5.83. The summed E-state index contributed by atoms with van der Waals surface area (Å²) >= 11 is 0. The minimum absolute atomic E-state index is 0.229. The molecular formula is C19H22N6O. The van der Waals surface area contributed by atoms with Gasteiger partial charge in [0.1, 0.15) is 5.82 Å². The number of anilines is 2. The number of hydrazine groups is 1. The quantitative estimate of drug-likeness (QED) is 0.665. The summed E-state index contributed by atoms with van der Waals surface area (Å²) < 4.78 is 1.59. The van der Waals surface area contributed by atoms with E-state index in [4.69, 9.17) is 0 Å². The van der Waals surface area contributed by atoms with Crippen LogP contribution < -0.4 is 16.5 Å². The van der Waals surface area contributed by atoms with Gasteiger partial charge in [0.15, 0.2) is 0 Å². The lowest BCUT2D eigenvalue weighted by molar-refractivity contribution is 0.794. The minimum Gasteiger partial charge on any atom is -0.298 e. The van der Waals surface area contributed by atoms with Crippen molar-refractivity contribution < 1.29 is 0 Å². The van der Waals surface area contributed by atoms with Crippen LogP contribution in [0.1, 0.15) is 30.8 Å². The van der Waals surface area contributed by atoms with Crippen molar-refractivity contribution in [3.05, 3.63) is 70.2 Å². The summed E-state index contributed by atoms with van der Waals surface area (Å²) in [6.45, 7) is 5.97. The number of hydrogen-bond acceptors (Lipinski definition) is 6. The largest absolute Gasteiger partial charge is 0.356 e. The Bertz CT molecular complexity index is 930. The van der Waals surface area contributed by atoms with Crippen molar-refractivity contribution >= 4 is 11.6 Å². The number of rotatable bonds is 6. The number of pyridine rings is 1. The Kier molecular flexibility index (Phi) is 5.26. The Morgan fingerprint density at radius 3 is 2.19 bits per heavy atom. The number of nitrogens with zero attached hydrogens (tertiary/aromatic N) is 4. The lowest BCUT2D eigenvalue weighted by atomic mass is 10.0. The molecule has 7 nitrogen and oxygen atoms in total. The van der Waals surface area contributed by atoms with E-state index in [2.05, 4.69) is 39.7 Å². The molecule has 7 heteroatoms. The maximum absolute atomic E-state index is 12.7. The monoisotopic (exact) mass is 350 g/mol. The van der Waals surface area contributed by atoms with Gasteiger partial charge in [0.05, 0.1) is 11.4 Å². The molecule has 1 aromatic carbocycles. The Morgan fingerprint density at radius 2 is 1.62 bits per heavy atom. The number of nitrogens with one attached hydrogen (secondary N) is 2. The molecule has 0 saturated carbocycles. The van der Waals surface area contributed by atoms with Crippen LogP contribution in [0.15, 0.2) is 47.5 Å². The van der Waals surface area contributed by atoms with Crippen LogP contribution in [-0.4, -0.2) is 19.5 Å². The van der Waals surface area contributed by atoms with Crippen molar-refractivity contribution in [3.8, 4) is 5.69 Å². The van der Waals surface area contributed by atoms with Crippen LogP contribution in [0.2, 0.25) is 0 Å². The van der Waals surface area contributed by atoms with Gasteiger partial charge in [-0.3, -0.25) is 15.8 Å². The van der Waals surface area contributed by atoms with E-state index in [1.54, 1.807) is 29.1 Å². The summed E-state index contributed by atoms with van der Waals surface area (Å²) in [5.41, 5.74) is 9.38. The molecule has 0 aliphatic heterocycles. The molecule has 2 aromatic heterocycles. The molecule has 0 amide bonds. The summed E-state index contributed by atoms with van der Waals surface area (Å²) in [5.74, 6) is 0.812. The van der Waals surface area contributed by atoms with Crippen LogP contribution in [-0.2, 0) is 12.8 Å². The third kappa shape index (κ3) is 3.56. The van der Waals surface area contributed by atoms with Crippen molar-refractivity contribution in [2.24, 2.45) is 0 Å². The molecule has 26 heavy (non-hydrogen) atoms. The third-order valence-electron chi connectivity index (χ3n) is 4.17. The van der Waals surface area contributed by atoms with Crippen LogP contribution >= 0.6 is 0 Å². The van der Waals surface area contributed by atoms with Gasteiger partial charge in [-0.2, -0.15) is 9.97 Å². The van der Waals surface area contributed by atoms with Crippen molar-refractivity contribution in [3.63, 3.8) is 0 Å². The van der Waals surface area contributed by atoms with E-state index in [9.17, 15) is 4.79 Å². The predicted molar refractivity (Wildman–Crippen MR) is 103 cm³/mol. The number of aromatic nitrogens is 4. The van der Waals surface area contributed by atoms with Gasteiger partial charge in [-0.25, -0.2) is 9.36 Å². The number of benzene rings is 1. The summed E-state index contributed by atoms with van der Waals surface area (Å²) in [4.78, 5) is 25.2. The van der Waals surface area contributed by atoms with E-state index >= 15 is 0 Å². The average Bonchev–Trinajstić information content (AvgIpc) is 2.66. The van der Waals surface area contributed by atoms with E-state index in [0.29, 0.717) is 5.82 Å². The van der Waals surface area contributed by atoms with Crippen molar-refractivity contribution in [2.75, 3.05) is 10.9 Å². The Labute approximate surface area is 152 Å². The van der Waals surface area contributed by atoms with Gasteiger partial charge < -0.3 is 0 Å². The summed E-state index contributed by atoms with van der Waals surface area (Å²) in [6.07, 6.45) is 5.00. The zero-order valence-corrected chi connectivity index (χ0v) is 15.2. The van der Waals surface area contributed by atoms with Crippen LogP contribution in [0, 0.1) is 6.92 Å². The van der Waals surface area contributed by atoms with E-state index in [-0.39, 0.29) is 11.6 Å². The molecule has 0 bridgehead atoms. The topological polar surface area (TPSA) is 84.7 Å². The minimum atomic E-state index is -0.355. The van der Waals surface area contributed by atoms with Gasteiger partial charge in [0, 0.05) is 12.4 Å². The standard InChI is InChI=1S/C19H22N6O/c1-4-14-7-6-8-15(5-2)17(14)25-13(3)21-18(22-19(25)26)24-23-16-9-11-20-12-10-16/h6-12H,4-5H2,1-3H3,(H,20,23)(H,22,24,26). The average molecular weight is 350 g/mol. The molecule has 0 aliphatic carbocycles. The first kappa shape index (κ1) is 17.6. The highest BCUT2D eigenvalue weighted by Crippen LogP contribution is 2.21. The van der Waals surface area contributed by atoms with Crippen molar-refractivity contribution in [1.29, 1.82) is 0 Å². The molecule has 3 aromatic rings. The highest BCUT2D eigenvalue weighted by molar-refractivity contribution is 5.50. The molecule has 134 valence electrons. The Morgan fingerprint density at radius 1 is 0.962 bits per heavy atom. The highest BCUT2D eigenvalue weighted by atomic mass is 16.1. The second-order valence-electron chi connectivity index (χ2n) is 5.83. The van der Waals surface area contributed by atoms with Crippen LogP contribution in [0.25, 0.3) is 5.69 Å². The van der Waals surface area contributed by atoms with Crippen LogP contribution in [0.5, 0.6) is 0 Å². The predicted octanol–water partition coefficient (Wildman–Crippen LogP) is 2.89. The third-order valence-corrected chi connectivity index (χ3v) is 4.17. The van der Waals surface area contributed by atoms with Crippen molar-refractivity contribution in [1.82, 2.24) is 19.5 Å². The summed E-state index contributed by atoms with van der Waals surface area (Å²) in [6, 6.07) is 9.70. The van der Waals surface area contributed by atoms with Crippen molar-refractivity contribution in [2.45, 2.75) is 33.6 Å². The van der Waals surface area contributed by atoms with Gasteiger partial charge in [0.2, 0.25) is 5.95 Å². The summed E-state index contributed by atoms with van der Waals surface area (Å²) in [5, 5.41) is 0. The van der Waals surface area contributed by atoms with Gasteiger partial charge >= 0.3 is 5.69 Å². The summed E-state index contributed by atoms with van der Waals surface area (Å²) in [7, 11) is 0. The number of para-hydroxylation sites is 1. The molecule has 3 rings (SSSR count). The molecule has 2 heterocycles. The van der Waals surface area contributed by atoms with E-state index in [1.807, 2.05) is 25.1 Å². The molecule has 0 spiro atoms. The zero-order chi connectivity index (χ0) is 18.5. The fraction of sp³-hybridized carbons (Fsp3) is 0.263. The first-order valence-corrected chi connectivity index (χ1v) is 8.65. The van der Waals surface area contributed by atoms with Gasteiger partial charge in [-0.05, 0) is 43.0 Å². The van der Waals surface area contributed by atoms with Gasteiger partial charge in [0.25, 0.3) is 0 Å². The fourth-order valence-electron chi connectivity index (χ4n) is 2.89. The van der Waals surface area contributed by atoms with Gasteiger partial charge in [-0.15, -0.1) is 0 Å². The van der Waals surface area contributed by atoms with E-state index < -0.39 is 0 Å². The molecule has 0 unspecified atom stereocenters. The molecule has 2 N–H and O–H groups in total. The second kappa shape index (κ2) is 7.77. The lowest BCUT2D eigenvalue weighted by Gasteiger charge is -2.17. The van der Waals surface area contributed by atoms with Crippen LogP contribution in [0.3, 0.4) is 0 Å².